The summed E-state index contributed by atoms with van der Waals surface area (Å²) in [5.41, 5.74) is 0.540. The SMILES string of the molecule is CCNC(=NCC1(CCOC)CCC1)NCC1CCCOC1C(C)(C)C.I. The summed E-state index contributed by atoms with van der Waals surface area (Å²) in [6.45, 7) is 13.4. The van der Waals surface area contributed by atoms with Gasteiger partial charge in [0.2, 0.25) is 0 Å². The van der Waals surface area contributed by atoms with E-state index in [1.54, 1.807) is 7.11 Å². The minimum absolute atomic E-state index is 0. The molecule has 1 aliphatic carbocycles. The van der Waals surface area contributed by atoms with Gasteiger partial charge in [0.25, 0.3) is 0 Å². The van der Waals surface area contributed by atoms with Crippen LogP contribution in [0.3, 0.4) is 0 Å². The van der Waals surface area contributed by atoms with Crippen LogP contribution in [-0.2, 0) is 9.47 Å². The maximum atomic E-state index is 6.12. The first-order valence-corrected chi connectivity index (χ1v) is 10.5. The van der Waals surface area contributed by atoms with E-state index in [-0.39, 0.29) is 29.4 Å². The highest BCUT2D eigenvalue weighted by Crippen LogP contribution is 2.44. The average Bonchev–Trinajstić information content (AvgIpc) is 2.57. The third-order valence-corrected chi connectivity index (χ3v) is 6.00. The van der Waals surface area contributed by atoms with Crippen LogP contribution >= 0.6 is 24.0 Å². The fourth-order valence-corrected chi connectivity index (χ4v) is 4.31. The summed E-state index contributed by atoms with van der Waals surface area (Å²) in [5, 5.41) is 7.02. The number of guanidine groups is 1. The Balaban J connectivity index is 0.00000364. The number of aliphatic imine (C=N–C) groups is 1. The molecule has 0 aromatic heterocycles. The molecule has 5 nitrogen and oxygen atoms in total. The smallest absolute Gasteiger partial charge is 0.191 e. The Morgan fingerprint density at radius 1 is 1.22 bits per heavy atom. The minimum atomic E-state index is 0. The predicted octanol–water partition coefficient (Wildman–Crippen LogP) is 4.21. The molecule has 2 fully saturated rings. The van der Waals surface area contributed by atoms with Crippen molar-refractivity contribution < 1.29 is 9.47 Å². The van der Waals surface area contributed by atoms with Crippen LogP contribution in [0.5, 0.6) is 0 Å². The standard InChI is InChI=1S/C21H41N3O2.HI/c1-6-22-19(24-16-21(10-8-11-21)12-14-25-5)23-15-17-9-7-13-26-18(17)20(2,3)4;/h17-18H,6-16H2,1-5H3,(H2,22,23,24);1H. The highest BCUT2D eigenvalue weighted by Gasteiger charge is 2.37. The molecule has 0 bridgehead atoms. The summed E-state index contributed by atoms with van der Waals surface area (Å²) in [4.78, 5) is 4.93. The van der Waals surface area contributed by atoms with E-state index in [1.165, 1.54) is 25.7 Å². The number of nitrogens with one attached hydrogen (secondary N) is 2. The Hall–Kier alpha value is -0.0800. The molecular weight excluding hydrogens is 453 g/mol. The molecule has 0 radical (unpaired) electrons. The summed E-state index contributed by atoms with van der Waals surface area (Å²) in [5.74, 6) is 1.49. The topological polar surface area (TPSA) is 54.9 Å². The number of hydrogen-bond donors (Lipinski definition) is 2. The Labute approximate surface area is 183 Å². The quantitative estimate of drug-likeness (QED) is 0.301. The Kier molecular flexibility index (Phi) is 10.9. The fraction of sp³-hybridized carbons (Fsp3) is 0.952. The van der Waals surface area contributed by atoms with Crippen molar-refractivity contribution in [1.82, 2.24) is 10.6 Å². The second-order valence-corrected chi connectivity index (χ2v) is 9.23. The first-order valence-electron chi connectivity index (χ1n) is 10.5. The largest absolute Gasteiger partial charge is 0.385 e. The Morgan fingerprint density at radius 3 is 2.52 bits per heavy atom. The minimum Gasteiger partial charge on any atom is -0.385 e. The first kappa shape index (κ1) is 25.0. The summed E-state index contributed by atoms with van der Waals surface area (Å²) < 4.78 is 11.4. The molecule has 1 saturated carbocycles. The van der Waals surface area contributed by atoms with E-state index in [9.17, 15) is 0 Å². The van der Waals surface area contributed by atoms with Crippen LogP contribution in [0.4, 0.5) is 0 Å². The van der Waals surface area contributed by atoms with Crippen molar-refractivity contribution >= 4 is 29.9 Å². The van der Waals surface area contributed by atoms with Crippen LogP contribution in [0.15, 0.2) is 4.99 Å². The molecule has 2 rings (SSSR count). The highest BCUT2D eigenvalue weighted by atomic mass is 127. The van der Waals surface area contributed by atoms with Gasteiger partial charge in [0, 0.05) is 45.9 Å². The molecule has 2 aliphatic rings. The van der Waals surface area contributed by atoms with Gasteiger partial charge in [-0.05, 0) is 49.9 Å². The van der Waals surface area contributed by atoms with E-state index >= 15 is 0 Å². The summed E-state index contributed by atoms with van der Waals surface area (Å²) in [7, 11) is 1.79. The van der Waals surface area contributed by atoms with Crippen LogP contribution in [0.25, 0.3) is 0 Å². The van der Waals surface area contributed by atoms with E-state index in [0.29, 0.717) is 17.4 Å². The zero-order valence-electron chi connectivity index (χ0n) is 18.1. The molecule has 2 N–H and O–H groups in total. The van der Waals surface area contributed by atoms with Crippen molar-refractivity contribution in [2.45, 2.75) is 72.3 Å². The molecule has 0 amide bonds. The maximum absolute atomic E-state index is 6.12. The monoisotopic (exact) mass is 495 g/mol. The van der Waals surface area contributed by atoms with E-state index in [1.807, 2.05) is 0 Å². The van der Waals surface area contributed by atoms with Crippen molar-refractivity contribution in [3.05, 3.63) is 0 Å². The molecule has 2 unspecified atom stereocenters. The van der Waals surface area contributed by atoms with Crippen LogP contribution < -0.4 is 10.6 Å². The van der Waals surface area contributed by atoms with Crippen molar-refractivity contribution in [1.29, 1.82) is 0 Å². The first-order chi connectivity index (χ1) is 12.4. The van der Waals surface area contributed by atoms with Gasteiger partial charge in [-0.2, -0.15) is 0 Å². The second kappa shape index (κ2) is 11.8. The Bertz CT molecular complexity index is 447. The van der Waals surface area contributed by atoms with Crippen LogP contribution in [0.1, 0.15) is 66.2 Å². The lowest BCUT2D eigenvalue weighted by atomic mass is 9.67. The van der Waals surface area contributed by atoms with Crippen LogP contribution in [0.2, 0.25) is 0 Å². The lowest BCUT2D eigenvalue weighted by molar-refractivity contribution is -0.0835. The molecule has 0 aromatic carbocycles. The van der Waals surface area contributed by atoms with Crippen molar-refractivity contribution in [3.8, 4) is 0 Å². The summed E-state index contributed by atoms with van der Waals surface area (Å²) in [6, 6.07) is 0. The van der Waals surface area contributed by atoms with Gasteiger partial charge in [-0.1, -0.05) is 27.2 Å². The molecule has 27 heavy (non-hydrogen) atoms. The molecule has 1 saturated heterocycles. The molecule has 160 valence electrons. The lowest BCUT2D eigenvalue weighted by Gasteiger charge is -2.41. The molecule has 1 heterocycles. The Morgan fingerprint density at radius 2 is 1.96 bits per heavy atom. The lowest BCUT2D eigenvalue weighted by Crippen LogP contribution is -2.48. The average molecular weight is 495 g/mol. The maximum Gasteiger partial charge on any atom is 0.191 e. The number of rotatable bonds is 8. The van der Waals surface area contributed by atoms with E-state index in [2.05, 4.69) is 38.3 Å². The van der Waals surface area contributed by atoms with E-state index in [0.717, 1.165) is 51.6 Å². The molecule has 1 aliphatic heterocycles. The van der Waals surface area contributed by atoms with Gasteiger partial charge in [0.05, 0.1) is 6.10 Å². The van der Waals surface area contributed by atoms with Crippen LogP contribution in [-0.4, -0.2) is 52.0 Å². The number of ether oxygens (including phenoxy) is 2. The van der Waals surface area contributed by atoms with Gasteiger partial charge in [0.1, 0.15) is 0 Å². The summed E-state index contributed by atoms with van der Waals surface area (Å²) >= 11 is 0. The van der Waals surface area contributed by atoms with E-state index in [4.69, 9.17) is 14.5 Å². The number of hydrogen-bond acceptors (Lipinski definition) is 3. The molecule has 2 atom stereocenters. The van der Waals surface area contributed by atoms with E-state index < -0.39 is 0 Å². The van der Waals surface area contributed by atoms with Gasteiger partial charge in [-0.25, -0.2) is 0 Å². The van der Waals surface area contributed by atoms with Crippen molar-refractivity contribution in [2.24, 2.45) is 21.7 Å². The number of halogens is 1. The van der Waals surface area contributed by atoms with Crippen LogP contribution in [0, 0.1) is 16.7 Å². The third kappa shape index (κ3) is 7.69. The molecular formula is C21H42IN3O2. The highest BCUT2D eigenvalue weighted by molar-refractivity contribution is 14.0. The fourth-order valence-electron chi connectivity index (χ4n) is 4.31. The summed E-state index contributed by atoms with van der Waals surface area (Å²) in [6.07, 6.45) is 7.71. The zero-order valence-corrected chi connectivity index (χ0v) is 20.4. The molecule has 6 heteroatoms. The third-order valence-electron chi connectivity index (χ3n) is 6.00. The van der Waals surface area contributed by atoms with Crippen molar-refractivity contribution in [2.75, 3.05) is 40.0 Å². The number of methoxy groups -OCH3 is 1. The molecule has 0 aromatic rings. The van der Waals surface area contributed by atoms with Gasteiger partial charge >= 0.3 is 0 Å². The van der Waals surface area contributed by atoms with Gasteiger partial charge in [-0.3, -0.25) is 4.99 Å². The van der Waals surface area contributed by atoms with Gasteiger partial charge < -0.3 is 20.1 Å². The normalized spacial score (nSPS) is 25.3. The number of nitrogens with zero attached hydrogens (tertiary/aromatic N) is 1. The van der Waals surface area contributed by atoms with Gasteiger partial charge in [-0.15, -0.1) is 24.0 Å². The zero-order chi connectivity index (χ0) is 19.0. The van der Waals surface area contributed by atoms with Gasteiger partial charge in [0.15, 0.2) is 5.96 Å². The van der Waals surface area contributed by atoms with Crippen molar-refractivity contribution in [3.63, 3.8) is 0 Å². The second-order valence-electron chi connectivity index (χ2n) is 9.23. The predicted molar refractivity (Wildman–Crippen MR) is 124 cm³/mol. The molecule has 0 spiro atoms.